The molecule has 0 aliphatic rings. The highest BCUT2D eigenvalue weighted by Crippen LogP contribution is 2.33. The van der Waals surface area contributed by atoms with E-state index >= 15 is 0 Å². The van der Waals surface area contributed by atoms with Gasteiger partial charge in [0.2, 0.25) is 6.41 Å². The average Bonchev–Trinajstić information content (AvgIpc) is 2.62. The van der Waals surface area contributed by atoms with Crippen LogP contribution in [-0.4, -0.2) is 12.2 Å². The molecule has 0 bridgehead atoms. The van der Waals surface area contributed by atoms with Gasteiger partial charge < -0.3 is 4.90 Å². The lowest BCUT2D eigenvalue weighted by Crippen LogP contribution is -2.21. The van der Waals surface area contributed by atoms with Gasteiger partial charge in [-0.05, 0) is 43.5 Å². The summed E-state index contributed by atoms with van der Waals surface area (Å²) < 4.78 is 13.8. The van der Waals surface area contributed by atoms with Crippen molar-refractivity contribution in [1.29, 1.82) is 0 Å². The predicted molar refractivity (Wildman–Crippen MR) is 104 cm³/mol. The Hall–Kier alpha value is -2.46. The number of benzene rings is 2. The Morgan fingerprint density at radius 3 is 2.50 bits per heavy atom. The van der Waals surface area contributed by atoms with Crippen molar-refractivity contribution in [2.75, 3.05) is 4.90 Å². The summed E-state index contributed by atoms with van der Waals surface area (Å²) in [5, 5.41) is 0.331. The molecule has 5 heteroatoms. The van der Waals surface area contributed by atoms with E-state index < -0.39 is 0 Å². The van der Waals surface area contributed by atoms with Crippen LogP contribution in [0.15, 0.2) is 48.0 Å². The summed E-state index contributed by atoms with van der Waals surface area (Å²) >= 11 is 6.48. The van der Waals surface area contributed by atoms with Gasteiger partial charge in [0.1, 0.15) is 5.82 Å². The summed E-state index contributed by atoms with van der Waals surface area (Å²) in [5.41, 5.74) is 2.89. The van der Waals surface area contributed by atoms with Crippen LogP contribution in [0, 0.1) is 12.7 Å². The fourth-order valence-electron chi connectivity index (χ4n) is 2.74. The molecule has 0 aliphatic carbocycles. The first-order chi connectivity index (χ1) is 12.4. The lowest BCUT2D eigenvalue weighted by Gasteiger charge is -2.21. The van der Waals surface area contributed by atoms with Gasteiger partial charge >= 0.3 is 0 Å². The monoisotopic (exact) mass is 373 g/mol. The number of rotatable bonds is 7. The number of Topliss-reactive ketones (excluding diaryl/α,β-unsaturated/α-hetero) is 1. The summed E-state index contributed by atoms with van der Waals surface area (Å²) in [5.74, 6) is -0.421. The van der Waals surface area contributed by atoms with Crippen LogP contribution in [0.3, 0.4) is 0 Å². The maximum atomic E-state index is 13.8. The van der Waals surface area contributed by atoms with E-state index in [0.29, 0.717) is 45.8 Å². The highest BCUT2D eigenvalue weighted by atomic mass is 35.5. The van der Waals surface area contributed by atoms with E-state index in [-0.39, 0.29) is 18.1 Å². The molecule has 0 aliphatic heterocycles. The number of anilines is 1. The quantitative estimate of drug-likeness (QED) is 0.491. The lowest BCUT2D eigenvalue weighted by atomic mass is 10.0. The minimum Gasteiger partial charge on any atom is -0.310 e. The Kier molecular flexibility index (Phi) is 6.70. The van der Waals surface area contributed by atoms with Crippen LogP contribution in [0.2, 0.25) is 0 Å². The molecule has 0 saturated carbocycles. The van der Waals surface area contributed by atoms with Gasteiger partial charge in [0.25, 0.3) is 0 Å². The minimum atomic E-state index is -0.315. The first kappa shape index (κ1) is 19.9. The van der Waals surface area contributed by atoms with Gasteiger partial charge in [-0.25, -0.2) is 4.39 Å². The van der Waals surface area contributed by atoms with Gasteiger partial charge in [-0.2, -0.15) is 0 Å². The fraction of sp³-hybridized carbons (Fsp3) is 0.238. The Bertz CT molecular complexity index is 861. The topological polar surface area (TPSA) is 37.4 Å². The highest BCUT2D eigenvalue weighted by molar-refractivity contribution is 6.51. The molecule has 0 atom stereocenters. The number of hydrogen-bond donors (Lipinski definition) is 0. The lowest BCUT2D eigenvalue weighted by molar-refractivity contribution is -0.113. The van der Waals surface area contributed by atoms with Crippen LogP contribution in [0.4, 0.5) is 10.1 Å². The van der Waals surface area contributed by atoms with Gasteiger partial charge in [-0.3, -0.25) is 9.59 Å². The molecule has 0 spiro atoms. The maximum absolute atomic E-state index is 13.8. The molecule has 3 nitrogen and oxygen atoms in total. The van der Waals surface area contributed by atoms with Crippen molar-refractivity contribution in [3.8, 4) is 0 Å². The van der Waals surface area contributed by atoms with Gasteiger partial charge in [-0.1, -0.05) is 48.9 Å². The number of aryl methyl sites for hydroxylation is 1. The molecule has 0 fully saturated rings. The average molecular weight is 374 g/mol. The molecule has 0 heterocycles. The molecular weight excluding hydrogens is 353 g/mol. The zero-order chi connectivity index (χ0) is 19.3. The number of allylic oxidation sites excluding steroid dienone is 1. The fourth-order valence-corrected chi connectivity index (χ4v) is 3.17. The second-order valence-electron chi connectivity index (χ2n) is 6.04. The van der Waals surface area contributed by atoms with Crippen LogP contribution in [-0.2, 0) is 16.1 Å². The number of carbonyl (C=O) groups is 2. The zero-order valence-electron chi connectivity index (χ0n) is 15.1. The molecule has 26 heavy (non-hydrogen) atoms. The van der Waals surface area contributed by atoms with E-state index in [9.17, 15) is 14.0 Å². The Morgan fingerprint density at radius 1 is 1.23 bits per heavy atom. The van der Waals surface area contributed by atoms with E-state index in [4.69, 9.17) is 11.6 Å². The third-order valence-electron chi connectivity index (χ3n) is 4.21. The number of halogens is 2. The van der Waals surface area contributed by atoms with Crippen LogP contribution in [0.5, 0.6) is 0 Å². The molecule has 1 amide bonds. The molecule has 0 saturated heterocycles. The van der Waals surface area contributed by atoms with Crippen molar-refractivity contribution in [2.45, 2.75) is 33.7 Å². The number of carbonyl (C=O) groups excluding carboxylic acids is 2. The largest absolute Gasteiger partial charge is 0.310 e. The number of hydrogen-bond acceptors (Lipinski definition) is 2. The third-order valence-corrected chi connectivity index (χ3v) is 4.64. The SMILES string of the molecule is CC/C(C(C)=O)=C(/Cl)c1ccccc1N(C=O)Cc1ccc(C)c(F)c1. The molecule has 0 unspecified atom stereocenters. The first-order valence-corrected chi connectivity index (χ1v) is 8.72. The second-order valence-corrected chi connectivity index (χ2v) is 6.41. The van der Waals surface area contributed by atoms with Crippen molar-refractivity contribution in [2.24, 2.45) is 0 Å². The van der Waals surface area contributed by atoms with Crippen LogP contribution in [0.25, 0.3) is 5.03 Å². The Morgan fingerprint density at radius 2 is 1.92 bits per heavy atom. The number of para-hydroxylation sites is 1. The van der Waals surface area contributed by atoms with Crippen molar-refractivity contribution in [3.63, 3.8) is 0 Å². The molecule has 136 valence electrons. The maximum Gasteiger partial charge on any atom is 0.214 e. The summed E-state index contributed by atoms with van der Waals surface area (Å²) in [4.78, 5) is 25.0. The number of amides is 1. The van der Waals surface area contributed by atoms with E-state index in [1.165, 1.54) is 17.9 Å². The Labute approximate surface area is 158 Å². The van der Waals surface area contributed by atoms with Crippen molar-refractivity contribution in [3.05, 3.63) is 70.5 Å². The smallest absolute Gasteiger partial charge is 0.214 e. The van der Waals surface area contributed by atoms with E-state index in [2.05, 4.69) is 0 Å². The van der Waals surface area contributed by atoms with Crippen LogP contribution in [0.1, 0.15) is 37.0 Å². The molecule has 0 N–H and O–H groups in total. The van der Waals surface area contributed by atoms with Gasteiger partial charge in [0.15, 0.2) is 5.78 Å². The van der Waals surface area contributed by atoms with Crippen molar-refractivity contribution < 1.29 is 14.0 Å². The van der Waals surface area contributed by atoms with E-state index in [1.807, 2.05) is 6.92 Å². The van der Waals surface area contributed by atoms with E-state index in [0.717, 1.165) is 0 Å². The number of ketones is 1. The summed E-state index contributed by atoms with van der Waals surface area (Å²) in [6.45, 7) is 5.21. The highest BCUT2D eigenvalue weighted by Gasteiger charge is 2.17. The predicted octanol–water partition coefficient (Wildman–Crippen LogP) is 5.25. The molecular formula is C21H21ClFNO2. The van der Waals surface area contributed by atoms with Crippen molar-refractivity contribution >= 4 is 34.5 Å². The molecule has 2 rings (SSSR count). The van der Waals surface area contributed by atoms with Crippen molar-refractivity contribution in [1.82, 2.24) is 0 Å². The first-order valence-electron chi connectivity index (χ1n) is 8.35. The standard InChI is InChI=1S/C21H21ClFNO2/c1-4-17(15(3)26)21(22)18-7-5-6-8-20(18)24(13-25)12-16-10-9-14(2)19(23)11-16/h5-11,13H,4,12H2,1-3H3/b21-17-. The third kappa shape index (κ3) is 4.38. The summed E-state index contributed by atoms with van der Waals surface area (Å²) in [6.07, 6.45) is 1.17. The molecule has 2 aromatic rings. The van der Waals surface area contributed by atoms with Gasteiger partial charge in [0.05, 0.1) is 17.3 Å². The van der Waals surface area contributed by atoms with Gasteiger partial charge in [-0.15, -0.1) is 0 Å². The van der Waals surface area contributed by atoms with Gasteiger partial charge in [0, 0.05) is 11.1 Å². The molecule has 0 aromatic heterocycles. The normalized spacial score (nSPS) is 11.7. The second kappa shape index (κ2) is 8.77. The number of nitrogens with zero attached hydrogens (tertiary/aromatic N) is 1. The zero-order valence-corrected chi connectivity index (χ0v) is 15.8. The molecule has 0 radical (unpaired) electrons. The minimum absolute atomic E-state index is 0.106. The van der Waals surface area contributed by atoms with E-state index in [1.54, 1.807) is 43.3 Å². The van der Waals surface area contributed by atoms with Crippen LogP contribution < -0.4 is 4.90 Å². The summed E-state index contributed by atoms with van der Waals surface area (Å²) in [7, 11) is 0. The summed E-state index contributed by atoms with van der Waals surface area (Å²) in [6, 6.07) is 12.0. The van der Waals surface area contributed by atoms with Crippen LogP contribution >= 0.6 is 11.6 Å². The molecule has 2 aromatic carbocycles. The Balaban J connectivity index is 2.47.